The molecule has 1 saturated heterocycles. The summed E-state index contributed by atoms with van der Waals surface area (Å²) in [7, 11) is 0. The third-order valence-electron chi connectivity index (χ3n) is 3.84. The molecule has 4 nitrogen and oxygen atoms in total. The molecule has 2 aromatic rings. The Morgan fingerprint density at radius 3 is 2.86 bits per heavy atom. The number of benzene rings is 1. The average Bonchev–Trinajstić information content (AvgIpc) is 2.95. The van der Waals surface area contributed by atoms with Crippen LogP contribution < -0.4 is 10.6 Å². The second-order valence-electron chi connectivity index (χ2n) is 5.37. The van der Waals surface area contributed by atoms with Crippen LogP contribution in [0.2, 0.25) is 0 Å². The second-order valence-corrected chi connectivity index (χ2v) is 5.37. The average molecular weight is 281 g/mol. The van der Waals surface area contributed by atoms with Crippen molar-refractivity contribution in [1.29, 1.82) is 0 Å². The van der Waals surface area contributed by atoms with Crippen molar-refractivity contribution in [2.45, 2.75) is 25.4 Å². The molecule has 1 unspecified atom stereocenters. The summed E-state index contributed by atoms with van der Waals surface area (Å²) in [5.41, 5.74) is 3.71. The Balaban J connectivity index is 1.64. The Labute approximate surface area is 124 Å². The van der Waals surface area contributed by atoms with E-state index >= 15 is 0 Å². The number of carbonyl (C=O) groups is 1. The predicted octanol–water partition coefficient (Wildman–Crippen LogP) is 1.97. The van der Waals surface area contributed by atoms with Crippen molar-refractivity contribution in [3.63, 3.8) is 0 Å². The number of hydrogen-bond donors (Lipinski definition) is 2. The van der Waals surface area contributed by atoms with Crippen LogP contribution >= 0.6 is 0 Å². The first-order chi connectivity index (χ1) is 10.3. The molecule has 0 bridgehead atoms. The molecule has 1 aliphatic heterocycles. The first-order valence-corrected chi connectivity index (χ1v) is 7.27. The summed E-state index contributed by atoms with van der Waals surface area (Å²) in [5.74, 6) is 0.451. The van der Waals surface area contributed by atoms with Crippen LogP contribution in [0.25, 0.3) is 0 Å². The van der Waals surface area contributed by atoms with Gasteiger partial charge in [0.15, 0.2) is 0 Å². The number of carbonyl (C=O) groups excluding carboxylic acids is 1. The SMILES string of the molecule is O=C1CC(c2ccccc2CNCc2cccnc2)CN1. The van der Waals surface area contributed by atoms with Gasteiger partial charge in [0.05, 0.1) is 0 Å². The van der Waals surface area contributed by atoms with Crippen LogP contribution in [-0.4, -0.2) is 17.4 Å². The van der Waals surface area contributed by atoms with E-state index in [2.05, 4.69) is 39.9 Å². The minimum atomic E-state index is 0.151. The van der Waals surface area contributed by atoms with Crippen LogP contribution in [0, 0.1) is 0 Å². The van der Waals surface area contributed by atoms with Gasteiger partial charge in [0.25, 0.3) is 0 Å². The fraction of sp³-hybridized carbons (Fsp3) is 0.294. The summed E-state index contributed by atoms with van der Waals surface area (Å²) in [6.07, 6.45) is 4.25. The minimum absolute atomic E-state index is 0.151. The number of nitrogens with zero attached hydrogens (tertiary/aromatic N) is 1. The molecule has 1 fully saturated rings. The molecule has 0 aliphatic carbocycles. The molecule has 1 amide bonds. The lowest BCUT2D eigenvalue weighted by atomic mass is 9.93. The molecule has 21 heavy (non-hydrogen) atoms. The Hall–Kier alpha value is -2.20. The highest BCUT2D eigenvalue weighted by molar-refractivity contribution is 5.79. The fourth-order valence-electron chi connectivity index (χ4n) is 2.76. The predicted molar refractivity (Wildman–Crippen MR) is 81.6 cm³/mol. The lowest BCUT2D eigenvalue weighted by Crippen LogP contribution is -2.16. The van der Waals surface area contributed by atoms with Gasteiger partial charge in [-0.05, 0) is 22.8 Å². The van der Waals surface area contributed by atoms with Crippen LogP contribution in [0.4, 0.5) is 0 Å². The van der Waals surface area contributed by atoms with Crippen LogP contribution in [-0.2, 0) is 17.9 Å². The van der Waals surface area contributed by atoms with Gasteiger partial charge in [0, 0.05) is 44.4 Å². The molecule has 0 saturated carbocycles. The van der Waals surface area contributed by atoms with Crippen molar-refractivity contribution in [2.75, 3.05) is 6.54 Å². The lowest BCUT2D eigenvalue weighted by molar-refractivity contribution is -0.119. The number of rotatable bonds is 5. The molecule has 1 aromatic heterocycles. The summed E-state index contributed by atoms with van der Waals surface area (Å²) in [6, 6.07) is 12.4. The molecule has 3 rings (SSSR count). The van der Waals surface area contributed by atoms with E-state index in [9.17, 15) is 4.79 Å². The van der Waals surface area contributed by atoms with Crippen LogP contribution in [0.3, 0.4) is 0 Å². The number of amides is 1. The summed E-state index contributed by atoms with van der Waals surface area (Å²) < 4.78 is 0. The highest BCUT2D eigenvalue weighted by atomic mass is 16.1. The molecule has 0 radical (unpaired) electrons. The molecular formula is C17H19N3O. The maximum absolute atomic E-state index is 11.4. The van der Waals surface area contributed by atoms with Crippen molar-refractivity contribution in [3.05, 3.63) is 65.5 Å². The van der Waals surface area contributed by atoms with E-state index in [1.165, 1.54) is 16.7 Å². The third-order valence-corrected chi connectivity index (χ3v) is 3.84. The topological polar surface area (TPSA) is 54.0 Å². The highest BCUT2D eigenvalue weighted by Gasteiger charge is 2.24. The van der Waals surface area contributed by atoms with Gasteiger partial charge in [-0.25, -0.2) is 0 Å². The van der Waals surface area contributed by atoms with Crippen LogP contribution in [0.1, 0.15) is 29.0 Å². The van der Waals surface area contributed by atoms with Crippen molar-refractivity contribution in [1.82, 2.24) is 15.6 Å². The first-order valence-electron chi connectivity index (χ1n) is 7.27. The van der Waals surface area contributed by atoms with E-state index in [1.807, 2.05) is 18.3 Å². The molecule has 108 valence electrons. The van der Waals surface area contributed by atoms with Crippen LogP contribution in [0.15, 0.2) is 48.8 Å². The largest absolute Gasteiger partial charge is 0.355 e. The molecule has 1 atom stereocenters. The number of hydrogen-bond acceptors (Lipinski definition) is 3. The monoisotopic (exact) mass is 281 g/mol. The maximum Gasteiger partial charge on any atom is 0.220 e. The Bertz CT molecular complexity index is 612. The molecule has 2 N–H and O–H groups in total. The van der Waals surface area contributed by atoms with Crippen molar-refractivity contribution in [2.24, 2.45) is 0 Å². The first kappa shape index (κ1) is 13.8. The Morgan fingerprint density at radius 1 is 1.19 bits per heavy atom. The molecule has 1 aliphatic rings. The zero-order chi connectivity index (χ0) is 14.5. The second kappa shape index (κ2) is 6.50. The van der Waals surface area contributed by atoms with E-state index in [1.54, 1.807) is 6.20 Å². The zero-order valence-electron chi connectivity index (χ0n) is 11.9. The molecule has 0 spiro atoms. The molecule has 2 heterocycles. The number of aromatic nitrogens is 1. The van der Waals surface area contributed by atoms with Gasteiger partial charge in [0.1, 0.15) is 0 Å². The normalized spacial score (nSPS) is 17.7. The Morgan fingerprint density at radius 2 is 2.10 bits per heavy atom. The van der Waals surface area contributed by atoms with Gasteiger partial charge < -0.3 is 10.6 Å². The molecule has 4 heteroatoms. The fourth-order valence-corrected chi connectivity index (χ4v) is 2.76. The lowest BCUT2D eigenvalue weighted by Gasteiger charge is -2.14. The summed E-state index contributed by atoms with van der Waals surface area (Å²) >= 11 is 0. The van der Waals surface area contributed by atoms with Gasteiger partial charge in [-0.2, -0.15) is 0 Å². The van der Waals surface area contributed by atoms with Gasteiger partial charge in [-0.3, -0.25) is 9.78 Å². The van der Waals surface area contributed by atoms with E-state index in [-0.39, 0.29) is 5.91 Å². The van der Waals surface area contributed by atoms with Gasteiger partial charge in [0.2, 0.25) is 5.91 Å². The zero-order valence-corrected chi connectivity index (χ0v) is 11.9. The number of pyridine rings is 1. The van der Waals surface area contributed by atoms with E-state index in [0.29, 0.717) is 12.3 Å². The van der Waals surface area contributed by atoms with Crippen molar-refractivity contribution in [3.8, 4) is 0 Å². The summed E-state index contributed by atoms with van der Waals surface area (Å²) in [4.78, 5) is 15.5. The van der Waals surface area contributed by atoms with Gasteiger partial charge >= 0.3 is 0 Å². The van der Waals surface area contributed by atoms with E-state index in [4.69, 9.17) is 0 Å². The minimum Gasteiger partial charge on any atom is -0.355 e. The smallest absolute Gasteiger partial charge is 0.220 e. The van der Waals surface area contributed by atoms with E-state index in [0.717, 1.165) is 19.6 Å². The standard InChI is InChI=1S/C17H19N3O/c21-17-8-15(12-20-17)16-6-2-1-5-14(16)11-19-10-13-4-3-7-18-9-13/h1-7,9,15,19H,8,10-12H2,(H,20,21). The van der Waals surface area contributed by atoms with Gasteiger partial charge in [-0.15, -0.1) is 0 Å². The van der Waals surface area contributed by atoms with E-state index < -0.39 is 0 Å². The number of nitrogens with one attached hydrogen (secondary N) is 2. The maximum atomic E-state index is 11.4. The quantitative estimate of drug-likeness (QED) is 0.881. The summed E-state index contributed by atoms with van der Waals surface area (Å²) in [5, 5.41) is 6.36. The highest BCUT2D eigenvalue weighted by Crippen LogP contribution is 2.26. The van der Waals surface area contributed by atoms with Crippen molar-refractivity contribution >= 4 is 5.91 Å². The Kier molecular flexibility index (Phi) is 4.26. The molecular weight excluding hydrogens is 262 g/mol. The van der Waals surface area contributed by atoms with Crippen molar-refractivity contribution < 1.29 is 4.79 Å². The van der Waals surface area contributed by atoms with Gasteiger partial charge in [-0.1, -0.05) is 30.3 Å². The third kappa shape index (κ3) is 3.47. The van der Waals surface area contributed by atoms with Crippen LogP contribution in [0.5, 0.6) is 0 Å². The molecule has 1 aromatic carbocycles. The summed E-state index contributed by atoms with van der Waals surface area (Å²) in [6.45, 7) is 2.35.